The molecule has 0 atom stereocenters. The van der Waals surface area contributed by atoms with Gasteiger partial charge in [0, 0.05) is 24.2 Å². The molecule has 1 aromatic carbocycles. The molecule has 1 amide bonds. The van der Waals surface area contributed by atoms with Gasteiger partial charge in [0.05, 0.1) is 5.52 Å². The predicted octanol–water partition coefficient (Wildman–Crippen LogP) is 4.66. The molecule has 3 rings (SSSR count). The molecule has 0 spiro atoms. The van der Waals surface area contributed by atoms with Crippen LogP contribution in [0.15, 0.2) is 30.3 Å². The second-order valence-corrected chi connectivity index (χ2v) is 7.65. The van der Waals surface area contributed by atoms with Crippen LogP contribution in [0.5, 0.6) is 0 Å². The minimum Gasteiger partial charge on any atom is -0.444 e. The summed E-state index contributed by atoms with van der Waals surface area (Å²) in [6.07, 6.45) is 1.76. The van der Waals surface area contributed by atoms with Crippen molar-refractivity contribution in [2.45, 2.75) is 52.1 Å². The number of fused-ring (bicyclic) bond motifs is 1. The lowest BCUT2D eigenvalue weighted by atomic mass is 9.89. The normalized spacial score (nSPS) is 16.4. The van der Waals surface area contributed by atoms with E-state index in [9.17, 15) is 4.79 Å². The first-order valence-electron chi connectivity index (χ1n) is 8.67. The SMILES string of the molecule is Cc1ccc2cc(C3CCN(C(=O)OC(C)(C)C)CC3)ccc2n1. The van der Waals surface area contributed by atoms with Gasteiger partial charge in [-0.1, -0.05) is 12.1 Å². The number of piperidine rings is 1. The zero-order chi connectivity index (χ0) is 17.3. The first-order chi connectivity index (χ1) is 11.3. The standard InChI is InChI=1S/C20H26N2O2/c1-14-5-6-17-13-16(7-8-18(17)21-14)15-9-11-22(12-10-15)19(23)24-20(2,3)4/h5-8,13,15H,9-12H2,1-4H3. The average Bonchev–Trinajstić information content (AvgIpc) is 2.53. The molecule has 0 aliphatic carbocycles. The van der Waals surface area contributed by atoms with E-state index in [2.05, 4.69) is 35.3 Å². The second kappa shape index (κ2) is 6.42. The summed E-state index contributed by atoms with van der Waals surface area (Å²) in [5.74, 6) is 0.495. The van der Waals surface area contributed by atoms with Gasteiger partial charge in [0.15, 0.2) is 0 Å². The van der Waals surface area contributed by atoms with Crippen LogP contribution in [0.25, 0.3) is 10.9 Å². The largest absolute Gasteiger partial charge is 0.444 e. The van der Waals surface area contributed by atoms with Crippen LogP contribution in [0.4, 0.5) is 4.79 Å². The van der Waals surface area contributed by atoms with Crippen LogP contribution in [-0.4, -0.2) is 34.7 Å². The van der Waals surface area contributed by atoms with Gasteiger partial charge in [0.1, 0.15) is 5.60 Å². The molecule has 1 aromatic heterocycles. The fourth-order valence-electron chi connectivity index (χ4n) is 3.22. The van der Waals surface area contributed by atoms with E-state index in [0.717, 1.165) is 37.1 Å². The zero-order valence-corrected chi connectivity index (χ0v) is 15.0. The van der Waals surface area contributed by atoms with Crippen LogP contribution in [0.2, 0.25) is 0 Å². The Morgan fingerprint density at radius 2 is 1.88 bits per heavy atom. The molecular weight excluding hydrogens is 300 g/mol. The third-order valence-electron chi connectivity index (χ3n) is 4.47. The number of pyridine rings is 1. The van der Waals surface area contributed by atoms with Crippen molar-refractivity contribution in [3.63, 3.8) is 0 Å². The highest BCUT2D eigenvalue weighted by molar-refractivity contribution is 5.79. The fourth-order valence-corrected chi connectivity index (χ4v) is 3.22. The van der Waals surface area contributed by atoms with E-state index in [1.54, 1.807) is 0 Å². The molecule has 1 aliphatic heterocycles. The minimum atomic E-state index is -0.433. The number of aromatic nitrogens is 1. The zero-order valence-electron chi connectivity index (χ0n) is 15.0. The Morgan fingerprint density at radius 3 is 2.54 bits per heavy atom. The number of amides is 1. The van der Waals surface area contributed by atoms with E-state index < -0.39 is 5.60 Å². The van der Waals surface area contributed by atoms with Crippen LogP contribution >= 0.6 is 0 Å². The third kappa shape index (κ3) is 3.86. The lowest BCUT2D eigenvalue weighted by Gasteiger charge is -2.33. The van der Waals surface area contributed by atoms with Gasteiger partial charge < -0.3 is 9.64 Å². The van der Waals surface area contributed by atoms with Crippen molar-refractivity contribution in [3.8, 4) is 0 Å². The third-order valence-corrected chi connectivity index (χ3v) is 4.47. The Bertz CT molecular complexity index is 741. The Kier molecular flexibility index (Phi) is 4.48. The number of hydrogen-bond acceptors (Lipinski definition) is 3. The Hall–Kier alpha value is -2.10. The van der Waals surface area contributed by atoms with Gasteiger partial charge in [-0.25, -0.2) is 4.79 Å². The van der Waals surface area contributed by atoms with E-state index in [1.165, 1.54) is 10.9 Å². The lowest BCUT2D eigenvalue weighted by Crippen LogP contribution is -2.41. The van der Waals surface area contributed by atoms with Crippen molar-refractivity contribution in [1.82, 2.24) is 9.88 Å². The summed E-state index contributed by atoms with van der Waals surface area (Å²) in [5.41, 5.74) is 3.00. The van der Waals surface area contributed by atoms with Gasteiger partial charge in [-0.15, -0.1) is 0 Å². The molecule has 24 heavy (non-hydrogen) atoms. The molecule has 1 fully saturated rings. The van der Waals surface area contributed by atoms with Crippen molar-refractivity contribution in [2.24, 2.45) is 0 Å². The molecule has 4 heteroatoms. The highest BCUT2D eigenvalue weighted by Gasteiger charge is 2.27. The van der Waals surface area contributed by atoms with E-state index in [4.69, 9.17) is 4.74 Å². The van der Waals surface area contributed by atoms with Crippen LogP contribution in [0.3, 0.4) is 0 Å². The molecule has 4 nitrogen and oxygen atoms in total. The molecule has 0 radical (unpaired) electrons. The summed E-state index contributed by atoms with van der Waals surface area (Å²) in [4.78, 5) is 18.5. The van der Waals surface area contributed by atoms with Crippen LogP contribution in [0, 0.1) is 6.92 Å². The molecule has 0 unspecified atom stereocenters. The molecule has 1 aliphatic rings. The van der Waals surface area contributed by atoms with Gasteiger partial charge >= 0.3 is 6.09 Å². The molecule has 0 saturated carbocycles. The predicted molar refractivity (Wildman–Crippen MR) is 96.3 cm³/mol. The Labute approximate surface area is 143 Å². The smallest absolute Gasteiger partial charge is 0.410 e. The highest BCUT2D eigenvalue weighted by atomic mass is 16.6. The molecule has 0 bridgehead atoms. The maximum absolute atomic E-state index is 12.2. The van der Waals surface area contributed by atoms with Gasteiger partial charge in [0.2, 0.25) is 0 Å². The molecule has 1 saturated heterocycles. The van der Waals surface area contributed by atoms with E-state index in [-0.39, 0.29) is 6.09 Å². The first kappa shape index (κ1) is 16.7. The van der Waals surface area contributed by atoms with E-state index in [0.29, 0.717) is 5.92 Å². The molecule has 2 heterocycles. The van der Waals surface area contributed by atoms with Gasteiger partial charge in [-0.05, 0) is 70.2 Å². The number of aryl methyl sites for hydroxylation is 1. The number of hydrogen-bond donors (Lipinski definition) is 0. The number of nitrogens with zero attached hydrogens (tertiary/aromatic N) is 2. The summed E-state index contributed by atoms with van der Waals surface area (Å²) < 4.78 is 5.47. The van der Waals surface area contributed by atoms with Crippen molar-refractivity contribution in [2.75, 3.05) is 13.1 Å². The summed E-state index contributed by atoms with van der Waals surface area (Å²) in [6.45, 7) is 9.24. The Morgan fingerprint density at radius 1 is 1.17 bits per heavy atom. The number of ether oxygens (including phenoxy) is 1. The summed E-state index contributed by atoms with van der Waals surface area (Å²) in [5, 5.41) is 1.19. The summed E-state index contributed by atoms with van der Waals surface area (Å²) in [7, 11) is 0. The monoisotopic (exact) mass is 326 g/mol. The summed E-state index contributed by atoms with van der Waals surface area (Å²) in [6, 6.07) is 10.7. The maximum Gasteiger partial charge on any atom is 0.410 e. The second-order valence-electron chi connectivity index (χ2n) is 7.65. The molecule has 128 valence electrons. The molecular formula is C20H26N2O2. The topological polar surface area (TPSA) is 42.4 Å². The average molecular weight is 326 g/mol. The Balaban J connectivity index is 1.66. The van der Waals surface area contributed by atoms with Gasteiger partial charge in [-0.2, -0.15) is 0 Å². The van der Waals surface area contributed by atoms with Crippen molar-refractivity contribution in [1.29, 1.82) is 0 Å². The number of carbonyl (C=O) groups is 1. The fraction of sp³-hybridized carbons (Fsp3) is 0.500. The number of rotatable bonds is 1. The number of likely N-dealkylation sites (tertiary alicyclic amines) is 1. The van der Waals surface area contributed by atoms with Crippen LogP contribution < -0.4 is 0 Å². The summed E-state index contributed by atoms with van der Waals surface area (Å²) >= 11 is 0. The quantitative estimate of drug-likeness (QED) is 0.765. The maximum atomic E-state index is 12.2. The van der Waals surface area contributed by atoms with Crippen molar-refractivity contribution < 1.29 is 9.53 Å². The minimum absolute atomic E-state index is 0.195. The van der Waals surface area contributed by atoms with Crippen molar-refractivity contribution in [3.05, 3.63) is 41.6 Å². The van der Waals surface area contributed by atoms with Gasteiger partial charge in [-0.3, -0.25) is 4.98 Å². The van der Waals surface area contributed by atoms with E-state index in [1.807, 2.05) is 32.6 Å². The number of carbonyl (C=O) groups excluding carboxylic acids is 1. The molecule has 0 N–H and O–H groups in total. The van der Waals surface area contributed by atoms with Crippen LogP contribution in [-0.2, 0) is 4.74 Å². The highest BCUT2D eigenvalue weighted by Crippen LogP contribution is 2.30. The van der Waals surface area contributed by atoms with Crippen molar-refractivity contribution >= 4 is 17.0 Å². The first-order valence-corrected chi connectivity index (χ1v) is 8.67. The van der Waals surface area contributed by atoms with Crippen LogP contribution in [0.1, 0.15) is 50.8 Å². The van der Waals surface area contributed by atoms with Gasteiger partial charge in [0.25, 0.3) is 0 Å². The lowest BCUT2D eigenvalue weighted by molar-refractivity contribution is 0.0205. The number of benzene rings is 1. The molecule has 2 aromatic rings. The van der Waals surface area contributed by atoms with E-state index >= 15 is 0 Å².